The zero-order chi connectivity index (χ0) is 10.2. The van der Waals surface area contributed by atoms with Crippen molar-refractivity contribution in [2.45, 2.75) is 18.3 Å². The molecule has 0 spiro atoms. The van der Waals surface area contributed by atoms with E-state index < -0.39 is 30.7 Å². The maximum atomic E-state index is 10.9. The van der Waals surface area contributed by atoms with Gasteiger partial charge in [0.25, 0.3) is 0 Å². The summed E-state index contributed by atoms with van der Waals surface area (Å²) < 4.78 is 6.83. The molecule has 1 rings (SSSR count). The van der Waals surface area contributed by atoms with Crippen molar-refractivity contribution in [2.75, 3.05) is 6.58 Å². The fraction of sp³-hybridized carbons (Fsp3) is 0.571. The van der Waals surface area contributed by atoms with E-state index in [9.17, 15) is 9.90 Å². The van der Waals surface area contributed by atoms with Gasteiger partial charge in [-0.1, -0.05) is 0 Å². The van der Waals surface area contributed by atoms with Gasteiger partial charge in [-0.25, -0.2) is 0 Å². The lowest BCUT2D eigenvalue weighted by Gasteiger charge is -2.26. The minimum absolute atomic E-state index is 0.303. The van der Waals surface area contributed by atoms with E-state index in [1.54, 1.807) is 0 Å². The first kappa shape index (κ1) is 7.88. The summed E-state index contributed by atoms with van der Waals surface area (Å²) in [6.45, 7) is -1.76. The molecule has 5 heteroatoms. The van der Waals surface area contributed by atoms with Gasteiger partial charge in [-0.05, 0) is 11.6 Å². The minimum atomic E-state index is -1.76. The molecule has 0 saturated heterocycles. The van der Waals surface area contributed by atoms with E-state index >= 15 is 0 Å². The van der Waals surface area contributed by atoms with Gasteiger partial charge in [0.1, 0.15) is 18.3 Å². The highest BCUT2D eigenvalue weighted by molar-refractivity contribution is 5.95. The van der Waals surface area contributed by atoms with E-state index in [1.807, 2.05) is 0 Å². The van der Waals surface area contributed by atoms with Crippen LogP contribution in [0.5, 0.6) is 0 Å². The molecule has 0 aromatic heterocycles. The fourth-order valence-electron chi connectivity index (χ4n) is 0.987. The fourth-order valence-corrected chi connectivity index (χ4v) is 0.987. The van der Waals surface area contributed by atoms with Crippen molar-refractivity contribution in [3.63, 3.8) is 0 Å². The van der Waals surface area contributed by atoms with E-state index in [0.717, 1.165) is 6.08 Å². The van der Waals surface area contributed by atoms with Crippen LogP contribution in [0.2, 0.25) is 0 Å². The van der Waals surface area contributed by atoms with Gasteiger partial charge in [-0.2, -0.15) is 0 Å². The lowest BCUT2D eigenvalue weighted by molar-refractivity contribution is -0.134. The number of hydrogen-bond acceptors (Lipinski definition) is 5. The molecule has 0 fully saturated rings. The van der Waals surface area contributed by atoms with Crippen LogP contribution in [0.4, 0.5) is 0 Å². The second-order valence-corrected chi connectivity index (χ2v) is 2.56. The van der Waals surface area contributed by atoms with Gasteiger partial charge in [0.2, 0.25) is 0 Å². The number of aliphatic hydroxyl groups is 4. The lowest BCUT2D eigenvalue weighted by atomic mass is 9.91. The van der Waals surface area contributed by atoms with Crippen LogP contribution in [0.1, 0.15) is 1.37 Å². The molecule has 0 bridgehead atoms. The second-order valence-electron chi connectivity index (χ2n) is 2.56. The van der Waals surface area contributed by atoms with Crippen molar-refractivity contribution in [3.05, 3.63) is 11.6 Å². The number of aliphatic hydroxyl groups excluding tert-OH is 4. The molecule has 4 atom stereocenters. The molecule has 0 aromatic rings. The topological polar surface area (TPSA) is 98.0 Å². The first-order chi connectivity index (χ1) is 5.95. The Morgan fingerprint density at radius 2 is 2.00 bits per heavy atom. The van der Waals surface area contributed by atoms with E-state index in [0.29, 0.717) is 0 Å². The van der Waals surface area contributed by atoms with Gasteiger partial charge < -0.3 is 20.4 Å². The van der Waals surface area contributed by atoms with Gasteiger partial charge in [0.05, 0.1) is 7.95 Å². The Morgan fingerprint density at radius 3 is 2.50 bits per heavy atom. The highest BCUT2D eigenvalue weighted by Gasteiger charge is 2.35. The van der Waals surface area contributed by atoms with Gasteiger partial charge in [0, 0.05) is 0 Å². The molecule has 5 nitrogen and oxygen atoms in total. The third kappa shape index (κ3) is 1.39. The maximum absolute atomic E-state index is 10.9. The predicted octanol–water partition coefficient (Wildman–Crippen LogP) is -2.43. The van der Waals surface area contributed by atoms with Crippen molar-refractivity contribution in [2.24, 2.45) is 0 Å². The zero-order valence-corrected chi connectivity index (χ0v) is 6.08. The van der Waals surface area contributed by atoms with E-state index in [4.69, 9.17) is 16.7 Å². The van der Waals surface area contributed by atoms with Crippen LogP contribution < -0.4 is 0 Å². The van der Waals surface area contributed by atoms with Crippen molar-refractivity contribution < 1.29 is 26.6 Å². The molecule has 0 radical (unpaired) electrons. The summed E-state index contributed by atoms with van der Waals surface area (Å²) in [6, 6.07) is 0. The largest absolute Gasteiger partial charge is 0.392 e. The molecule has 68 valence electrons. The number of hydrogen-bond donors (Lipinski definition) is 4. The first-order valence-electron chi connectivity index (χ1n) is 3.92. The Labute approximate surface area is 70.0 Å². The summed E-state index contributed by atoms with van der Waals surface area (Å²) >= 11 is 0. The summed E-state index contributed by atoms with van der Waals surface area (Å²) in [5, 5.41) is 36.0. The van der Waals surface area contributed by atoms with Crippen LogP contribution in [-0.2, 0) is 4.79 Å². The van der Waals surface area contributed by atoms with Crippen LogP contribution in [0, 0.1) is 0 Å². The maximum Gasteiger partial charge on any atom is 0.187 e. The Morgan fingerprint density at radius 1 is 1.42 bits per heavy atom. The Kier molecular flexibility index (Phi) is 2.18. The van der Waals surface area contributed by atoms with Gasteiger partial charge in [-0.15, -0.1) is 0 Å². The molecule has 1 unspecified atom stereocenters. The average molecular weight is 176 g/mol. The van der Waals surface area contributed by atoms with E-state index in [-0.39, 0.29) is 5.57 Å². The van der Waals surface area contributed by atoms with Crippen LogP contribution in [0.25, 0.3) is 0 Å². The summed E-state index contributed by atoms with van der Waals surface area (Å²) in [5.41, 5.74) is -0.303. The smallest absolute Gasteiger partial charge is 0.187 e. The van der Waals surface area contributed by atoms with Crippen LogP contribution >= 0.6 is 0 Å². The normalized spacial score (nSPS) is 40.3. The SMILES string of the molecule is [3H]C(O)C1=CC(=O)[C@H](O)[C@@H](O)[C@@H]1O. The van der Waals surface area contributed by atoms with Crippen molar-refractivity contribution >= 4 is 5.78 Å². The Hall–Kier alpha value is -0.750. The number of ketones is 1. The third-order valence-corrected chi connectivity index (χ3v) is 1.74. The van der Waals surface area contributed by atoms with Gasteiger partial charge in [-0.3, -0.25) is 4.79 Å². The monoisotopic (exact) mass is 176 g/mol. The Bertz CT molecular complexity index is 249. The molecule has 0 aromatic carbocycles. The van der Waals surface area contributed by atoms with Gasteiger partial charge >= 0.3 is 0 Å². The highest BCUT2D eigenvalue weighted by atomic mass is 16.4. The molecule has 1 aliphatic carbocycles. The standard InChI is InChI=1S/C7H10O5/c8-2-3-1-4(9)6(11)7(12)5(3)10/h1,5-8,10-12H,2H2/t5-,6+,7+/m1/s1/i2T/t2?,5-,6+,7+. The average Bonchev–Trinajstić information content (AvgIpc) is 2.07. The number of rotatable bonds is 1. The molecule has 1 aliphatic rings. The van der Waals surface area contributed by atoms with Crippen LogP contribution in [0.15, 0.2) is 11.6 Å². The lowest BCUT2D eigenvalue weighted by Crippen LogP contribution is -2.46. The quantitative estimate of drug-likeness (QED) is 0.356. The van der Waals surface area contributed by atoms with E-state index in [2.05, 4.69) is 0 Å². The first-order valence-corrected chi connectivity index (χ1v) is 3.35. The number of carbonyl (C=O) groups excluding carboxylic acids is 1. The zero-order valence-electron chi connectivity index (χ0n) is 7.08. The minimum Gasteiger partial charge on any atom is -0.392 e. The molecule has 0 saturated carbocycles. The number of carbonyl (C=O) groups is 1. The molecule has 0 aliphatic heterocycles. The molecule has 12 heavy (non-hydrogen) atoms. The van der Waals surface area contributed by atoms with Crippen LogP contribution in [-0.4, -0.2) is 51.1 Å². The second kappa shape index (κ2) is 3.32. The molecule has 0 amide bonds. The van der Waals surface area contributed by atoms with E-state index in [1.165, 1.54) is 0 Å². The van der Waals surface area contributed by atoms with Crippen molar-refractivity contribution in [1.82, 2.24) is 0 Å². The summed E-state index contributed by atoms with van der Waals surface area (Å²) in [5.74, 6) is -0.820. The molecular weight excluding hydrogens is 164 g/mol. The third-order valence-electron chi connectivity index (χ3n) is 1.74. The highest BCUT2D eigenvalue weighted by Crippen LogP contribution is 2.16. The molecule has 0 heterocycles. The van der Waals surface area contributed by atoms with Crippen molar-refractivity contribution in [1.29, 1.82) is 0 Å². The molecular formula is C7H10O5. The van der Waals surface area contributed by atoms with Crippen molar-refractivity contribution in [3.8, 4) is 0 Å². The predicted molar refractivity (Wildman–Crippen MR) is 38.2 cm³/mol. The Balaban J connectivity index is 2.98. The summed E-state index contributed by atoms with van der Waals surface area (Å²) in [6.07, 6.45) is -4.15. The van der Waals surface area contributed by atoms with Gasteiger partial charge in [0.15, 0.2) is 5.78 Å². The summed E-state index contributed by atoms with van der Waals surface area (Å²) in [7, 11) is 0. The van der Waals surface area contributed by atoms with Crippen LogP contribution in [0.3, 0.4) is 0 Å². The molecule has 4 N–H and O–H groups in total. The summed E-state index contributed by atoms with van der Waals surface area (Å²) in [4.78, 5) is 10.9.